The van der Waals surface area contributed by atoms with E-state index in [0.717, 1.165) is 0 Å². The third-order valence-corrected chi connectivity index (χ3v) is 17.2. The summed E-state index contributed by atoms with van der Waals surface area (Å²) in [6.07, 6.45) is 0. The first-order valence-corrected chi connectivity index (χ1v) is 22.7. The van der Waals surface area contributed by atoms with Crippen LogP contribution in [0.4, 0.5) is 0 Å². The molecule has 256 valence electrons. The van der Waals surface area contributed by atoms with Crippen molar-refractivity contribution in [2.75, 3.05) is 0 Å². The van der Waals surface area contributed by atoms with Gasteiger partial charge in [0.05, 0.1) is 18.8 Å². The van der Waals surface area contributed by atoms with Crippen LogP contribution in [-0.4, -0.2) is 0 Å². The van der Waals surface area contributed by atoms with Gasteiger partial charge < -0.3 is 0 Å². The Bertz CT molecular complexity index is 2960. The van der Waals surface area contributed by atoms with Crippen molar-refractivity contribution < 1.29 is 0 Å². The van der Waals surface area contributed by atoms with Gasteiger partial charge in [0.15, 0.2) is 0 Å². The highest BCUT2D eigenvalue weighted by Gasteiger charge is 2.19. The smallest absolute Gasteiger partial charge is 0.0635 e. The lowest BCUT2D eigenvalue weighted by Gasteiger charge is -2.18. The highest BCUT2D eigenvalue weighted by molar-refractivity contribution is 7.39. The Balaban J connectivity index is 1.08. The van der Waals surface area contributed by atoms with Crippen LogP contribution >= 0.6 is 68.0 Å². The van der Waals surface area contributed by atoms with E-state index >= 15 is 0 Å². The first-order valence-electron chi connectivity index (χ1n) is 17.7. The first-order chi connectivity index (χ1) is 26.7. The molecule has 6 aromatic heterocycles. The summed E-state index contributed by atoms with van der Waals surface area (Å²) >= 11 is 11.4. The van der Waals surface area contributed by atoms with Gasteiger partial charge in [-0.2, -0.15) is 0 Å². The van der Waals surface area contributed by atoms with E-state index in [1.54, 1.807) is 0 Å². The van der Waals surface area contributed by atoms with E-state index in [4.69, 9.17) is 0 Å². The van der Waals surface area contributed by atoms with Crippen LogP contribution in [0.5, 0.6) is 0 Å². The maximum Gasteiger partial charge on any atom is 0.0635 e. The van der Waals surface area contributed by atoms with Gasteiger partial charge in [0.2, 0.25) is 0 Å². The summed E-state index contributed by atoms with van der Waals surface area (Å²) in [5.41, 5.74) is 12.3. The van der Waals surface area contributed by atoms with Crippen LogP contribution in [0.15, 0.2) is 168 Å². The van der Waals surface area contributed by atoms with Gasteiger partial charge in [-0.1, -0.05) is 115 Å². The maximum absolute atomic E-state index is 2.42. The van der Waals surface area contributed by atoms with Crippen molar-refractivity contribution in [3.63, 3.8) is 0 Å². The summed E-state index contributed by atoms with van der Waals surface area (Å²) in [5, 5.41) is 4.44. The van der Waals surface area contributed by atoms with E-state index in [-0.39, 0.29) is 0 Å². The molecule has 54 heavy (non-hydrogen) atoms. The van der Waals surface area contributed by atoms with Gasteiger partial charge in [0.1, 0.15) is 0 Å². The molecule has 0 fully saturated rings. The van der Waals surface area contributed by atoms with E-state index in [0.29, 0.717) is 0 Å². The highest BCUT2D eigenvalue weighted by atomic mass is 32.1. The topological polar surface area (TPSA) is 0 Å². The zero-order valence-electron chi connectivity index (χ0n) is 28.6. The molecule has 0 radical (unpaired) electrons. The molecule has 0 aliphatic carbocycles. The molecule has 0 aliphatic rings. The lowest BCUT2D eigenvalue weighted by Crippen LogP contribution is -1.97. The second-order valence-corrected chi connectivity index (χ2v) is 19.4. The largest absolute Gasteiger partial charge is 0.141 e. The summed E-state index contributed by atoms with van der Waals surface area (Å²) in [7, 11) is 0. The van der Waals surface area contributed by atoms with Crippen molar-refractivity contribution >= 4 is 117 Å². The van der Waals surface area contributed by atoms with Crippen molar-refractivity contribution in [2.24, 2.45) is 0 Å². The number of rotatable bonds is 7. The Kier molecular flexibility index (Phi) is 8.08. The summed E-state index contributed by atoms with van der Waals surface area (Å²) in [6.45, 7) is 0. The number of hydrogen-bond acceptors (Lipinski definition) is 6. The van der Waals surface area contributed by atoms with Gasteiger partial charge >= 0.3 is 0 Å². The summed E-state index contributed by atoms with van der Waals surface area (Å²) < 4.78 is 11.2. The molecule has 0 amide bonds. The third kappa shape index (κ3) is 5.64. The maximum atomic E-state index is 2.42. The van der Waals surface area contributed by atoms with Crippen LogP contribution in [0.3, 0.4) is 0 Å². The number of fused-ring (bicyclic) bond motifs is 6. The predicted octanol–water partition coefficient (Wildman–Crippen LogP) is 16.7. The zero-order chi connectivity index (χ0) is 35.6. The number of hydrogen-bond donors (Lipinski definition) is 0. The fourth-order valence-electron chi connectivity index (χ4n) is 7.46. The molecule has 0 aliphatic heterocycles. The van der Waals surface area contributed by atoms with Gasteiger partial charge in [0, 0.05) is 28.6 Å². The summed E-state index contributed by atoms with van der Waals surface area (Å²) in [6, 6.07) is 58.3. The molecular formula is C48H28S6. The molecule has 0 unspecified atom stereocenters. The van der Waals surface area contributed by atoms with Gasteiger partial charge in [-0.15, -0.1) is 68.0 Å². The molecular weight excluding hydrogens is 769 g/mol. The average Bonchev–Trinajstić information content (AvgIpc) is 4.08. The second kappa shape index (κ2) is 13.4. The predicted molar refractivity (Wildman–Crippen MR) is 244 cm³/mol. The number of benzene rings is 5. The van der Waals surface area contributed by atoms with E-state index in [1.807, 2.05) is 68.0 Å². The van der Waals surface area contributed by atoms with Crippen LogP contribution in [0.25, 0.3) is 80.8 Å². The second-order valence-electron chi connectivity index (χ2n) is 13.3. The van der Waals surface area contributed by atoms with Crippen molar-refractivity contribution in [1.29, 1.82) is 0 Å². The van der Waals surface area contributed by atoms with Gasteiger partial charge in [-0.25, -0.2) is 0 Å². The standard InChI is InChI=1S/C48H28S6/c1-4-10-30(11-5-1)43(31-12-6-2-7-13-31)44(32-14-8-3-9-15-32)33-18-16-29(17-19-33)34-24-35(39-27-41-47(53-39)45-37(51-41)20-22-49-45)26-36(25-34)40-28-42-48(54-40)46-38(52-42)21-23-50-46/h1-28H. The van der Waals surface area contributed by atoms with Gasteiger partial charge in [-0.3, -0.25) is 0 Å². The monoisotopic (exact) mass is 796 g/mol. The van der Waals surface area contributed by atoms with Crippen LogP contribution in [0.1, 0.15) is 22.3 Å². The van der Waals surface area contributed by atoms with E-state index in [1.165, 1.54) is 103 Å². The fourth-order valence-corrected chi connectivity index (χ4v) is 15.0. The molecule has 0 bridgehead atoms. The quantitative estimate of drug-likeness (QED) is 0.141. The Morgan fingerprint density at radius 2 is 0.704 bits per heavy atom. The van der Waals surface area contributed by atoms with E-state index in [9.17, 15) is 0 Å². The van der Waals surface area contributed by atoms with Gasteiger partial charge in [0.25, 0.3) is 0 Å². The lowest BCUT2D eigenvalue weighted by atomic mass is 9.85. The molecule has 0 nitrogen and oxygen atoms in total. The molecule has 0 spiro atoms. The minimum Gasteiger partial charge on any atom is -0.141 e. The fraction of sp³-hybridized carbons (Fsp3) is 0. The first kappa shape index (κ1) is 32.5. The molecule has 11 rings (SSSR count). The molecule has 0 saturated heterocycles. The Morgan fingerprint density at radius 3 is 1.15 bits per heavy atom. The van der Waals surface area contributed by atoms with Crippen molar-refractivity contribution in [3.8, 4) is 32.0 Å². The van der Waals surface area contributed by atoms with Crippen LogP contribution in [0, 0.1) is 0 Å². The zero-order valence-corrected chi connectivity index (χ0v) is 33.5. The highest BCUT2D eigenvalue weighted by Crippen LogP contribution is 2.49. The van der Waals surface area contributed by atoms with Crippen molar-refractivity contribution in [3.05, 3.63) is 191 Å². The van der Waals surface area contributed by atoms with Gasteiger partial charge in [-0.05, 0) is 109 Å². The average molecular weight is 797 g/mol. The molecule has 0 saturated carbocycles. The van der Waals surface area contributed by atoms with E-state index in [2.05, 4.69) is 168 Å². The molecule has 5 aromatic carbocycles. The minimum atomic E-state index is 1.20. The molecule has 6 heterocycles. The van der Waals surface area contributed by atoms with E-state index < -0.39 is 0 Å². The number of thiophene rings is 6. The Morgan fingerprint density at radius 1 is 0.296 bits per heavy atom. The molecule has 6 heteroatoms. The van der Waals surface area contributed by atoms with Crippen LogP contribution in [0.2, 0.25) is 0 Å². The SMILES string of the molecule is c1ccc(C(=C(c2ccccc2)c2ccc(-c3cc(-c4cc5sc6ccsc6c5s4)cc(-c4cc5sc6ccsc6c5s4)c3)cc2)c2ccccc2)cc1. The van der Waals surface area contributed by atoms with Crippen molar-refractivity contribution in [2.45, 2.75) is 0 Å². The summed E-state index contributed by atoms with van der Waals surface area (Å²) in [4.78, 5) is 2.66. The van der Waals surface area contributed by atoms with Crippen LogP contribution < -0.4 is 0 Å². The van der Waals surface area contributed by atoms with Crippen molar-refractivity contribution in [1.82, 2.24) is 0 Å². The third-order valence-electron chi connectivity index (χ3n) is 9.95. The molecule has 0 atom stereocenters. The summed E-state index contributed by atoms with van der Waals surface area (Å²) in [5.74, 6) is 0. The normalized spacial score (nSPS) is 11.7. The lowest BCUT2D eigenvalue weighted by molar-refractivity contribution is 1.50. The minimum absolute atomic E-state index is 1.20. The molecule has 0 N–H and O–H groups in total. The Labute approximate surface area is 336 Å². The van der Waals surface area contributed by atoms with Crippen LogP contribution in [-0.2, 0) is 0 Å². The molecule has 11 aromatic rings. The Hall–Kier alpha value is -4.92.